The van der Waals surface area contributed by atoms with E-state index in [1.165, 1.54) is 12.5 Å². The highest BCUT2D eigenvalue weighted by molar-refractivity contribution is 5.98. The summed E-state index contributed by atoms with van der Waals surface area (Å²) in [5, 5.41) is 67.6. The first-order valence-electron chi connectivity index (χ1n) is 22.0. The third-order valence-corrected chi connectivity index (χ3v) is 10.5. The Labute approximate surface area is 397 Å². The van der Waals surface area contributed by atoms with Gasteiger partial charge < -0.3 is 78.8 Å². The summed E-state index contributed by atoms with van der Waals surface area (Å²) in [6.07, 6.45) is -0.307. The number of nitrogens with zero attached hydrogens (tertiary/aromatic N) is 1. The van der Waals surface area contributed by atoms with Gasteiger partial charge in [0.2, 0.25) is 47.3 Å². The second kappa shape index (κ2) is 29.0. The van der Waals surface area contributed by atoms with Gasteiger partial charge in [-0.05, 0) is 30.7 Å². The Morgan fingerprint density at radius 1 is 0.652 bits per heavy atom. The van der Waals surface area contributed by atoms with Crippen molar-refractivity contribution in [2.24, 2.45) is 17.6 Å². The molecule has 8 amide bonds. The second-order valence-corrected chi connectivity index (χ2v) is 16.7. The van der Waals surface area contributed by atoms with Crippen molar-refractivity contribution >= 4 is 59.2 Å². The highest BCUT2D eigenvalue weighted by atomic mass is 16.4. The number of carbonyl (C=O) groups is 10. The smallest absolute Gasteiger partial charge is 0.326 e. The van der Waals surface area contributed by atoms with Crippen molar-refractivity contribution in [3.05, 3.63) is 54.1 Å². The number of aromatic amines is 1. The number of rotatable bonds is 30. The number of imidazole rings is 1. The standard InChI is InChI=1S/C43H65N11O15/c1-6-22(4)34(53-36(61)26(44)18-55)41(66)50-27(13-24-10-8-7-9-11-24)40(65)54-35(23(5)57)42(67)51-28(14-25-16-45-20-47-25)38(63)49-29(15-33(59)60)39(64)52-31(19-56)37(62)46-17-32(58)48-30(43(68)69)12-21(2)3/h7-11,16,20-23,26-31,34-35,55-57H,6,12-15,17-19,44H2,1-5H3,(H,45,47)(H,46,62)(H,48,58)(H,49,63)(H,50,66)(H,51,67)(H,52,64)(H,53,61)(H,54,65)(H,59,60)(H,68,69)/t22-,23+,26-,27-,28-,29-,30-,31-,34-,35-/m0/s1. The molecule has 0 saturated heterocycles. The van der Waals surface area contributed by atoms with Crippen LogP contribution in [0.3, 0.4) is 0 Å². The second-order valence-electron chi connectivity index (χ2n) is 16.7. The number of carboxylic acids is 2. The van der Waals surface area contributed by atoms with E-state index in [1.54, 1.807) is 58.0 Å². The van der Waals surface area contributed by atoms with Gasteiger partial charge in [-0.2, -0.15) is 0 Å². The summed E-state index contributed by atoms with van der Waals surface area (Å²) in [7, 11) is 0. The molecule has 0 aliphatic carbocycles. The first kappa shape index (κ1) is 58.1. The van der Waals surface area contributed by atoms with Crippen LogP contribution in [0.1, 0.15) is 65.1 Å². The number of nitrogens with two attached hydrogens (primary N) is 1. The minimum atomic E-state index is -1.97. The number of amides is 8. The fourth-order valence-corrected chi connectivity index (χ4v) is 6.46. The quantitative estimate of drug-likeness (QED) is 0.0349. The number of hydrogen-bond acceptors (Lipinski definition) is 15. The number of aliphatic hydroxyl groups excluding tert-OH is 3. The van der Waals surface area contributed by atoms with Crippen LogP contribution in [-0.4, -0.2) is 169 Å². The zero-order chi connectivity index (χ0) is 52.0. The number of H-pyrrole nitrogens is 1. The van der Waals surface area contributed by atoms with Gasteiger partial charge in [0.15, 0.2) is 0 Å². The molecule has 0 aliphatic heterocycles. The Bertz CT molecular complexity index is 2060. The van der Waals surface area contributed by atoms with Crippen molar-refractivity contribution < 1.29 is 73.5 Å². The monoisotopic (exact) mass is 975 g/mol. The average Bonchev–Trinajstić information content (AvgIpc) is 3.82. The van der Waals surface area contributed by atoms with Crippen molar-refractivity contribution in [1.29, 1.82) is 0 Å². The molecule has 0 bridgehead atoms. The Morgan fingerprint density at radius 3 is 1.72 bits per heavy atom. The number of benzene rings is 1. The van der Waals surface area contributed by atoms with E-state index in [2.05, 4.69) is 52.5 Å². The third-order valence-electron chi connectivity index (χ3n) is 10.5. The van der Waals surface area contributed by atoms with Gasteiger partial charge in [-0.1, -0.05) is 64.4 Å². The van der Waals surface area contributed by atoms with Gasteiger partial charge in [-0.25, -0.2) is 9.78 Å². The lowest BCUT2D eigenvalue weighted by molar-refractivity contribution is -0.142. The highest BCUT2D eigenvalue weighted by Gasteiger charge is 2.37. The summed E-state index contributed by atoms with van der Waals surface area (Å²) in [5.41, 5.74) is 6.45. The number of carbonyl (C=O) groups excluding carboxylic acids is 8. The molecular formula is C43H65N11O15. The zero-order valence-corrected chi connectivity index (χ0v) is 38.9. The van der Waals surface area contributed by atoms with Crippen LogP contribution in [0.4, 0.5) is 0 Å². The SMILES string of the molecule is CC[C@H](C)[C@H](NC(=O)[C@@H](N)CO)C(=O)N[C@@H](Cc1ccccc1)C(=O)N[C@H](C(=O)N[C@@H](Cc1cnc[nH]1)C(=O)N[C@@H](CC(=O)O)C(=O)N[C@@H](CO)C(=O)NCC(=O)N[C@@H](CC(C)C)C(=O)O)[C@@H](C)O. The van der Waals surface area contributed by atoms with E-state index in [0.29, 0.717) is 12.0 Å². The minimum Gasteiger partial charge on any atom is -0.481 e. The maximum Gasteiger partial charge on any atom is 0.326 e. The van der Waals surface area contributed by atoms with Gasteiger partial charge in [-0.3, -0.25) is 43.2 Å². The largest absolute Gasteiger partial charge is 0.481 e. The molecule has 1 heterocycles. The van der Waals surface area contributed by atoms with Crippen LogP contribution in [0, 0.1) is 11.8 Å². The molecule has 1 aromatic carbocycles. The van der Waals surface area contributed by atoms with Crippen LogP contribution in [0.25, 0.3) is 0 Å². The molecule has 10 atom stereocenters. The number of aliphatic hydroxyl groups is 3. The highest BCUT2D eigenvalue weighted by Crippen LogP contribution is 2.12. The van der Waals surface area contributed by atoms with E-state index in [1.807, 2.05) is 0 Å². The zero-order valence-electron chi connectivity index (χ0n) is 38.9. The maximum atomic E-state index is 14.0. The van der Waals surface area contributed by atoms with Crippen LogP contribution in [0.15, 0.2) is 42.9 Å². The van der Waals surface area contributed by atoms with Crippen molar-refractivity contribution in [3.8, 4) is 0 Å². The average molecular weight is 976 g/mol. The van der Waals surface area contributed by atoms with Crippen LogP contribution in [0.2, 0.25) is 0 Å². The van der Waals surface area contributed by atoms with Crippen LogP contribution >= 0.6 is 0 Å². The van der Waals surface area contributed by atoms with Crippen LogP contribution < -0.4 is 48.3 Å². The summed E-state index contributed by atoms with van der Waals surface area (Å²) in [6.45, 7) is 5.46. The summed E-state index contributed by atoms with van der Waals surface area (Å²) >= 11 is 0. The van der Waals surface area contributed by atoms with E-state index in [-0.39, 0.29) is 24.5 Å². The van der Waals surface area contributed by atoms with E-state index < -0.39 is 152 Å². The Morgan fingerprint density at radius 2 is 1.20 bits per heavy atom. The van der Waals surface area contributed by atoms with Crippen molar-refractivity contribution in [1.82, 2.24) is 52.5 Å². The van der Waals surface area contributed by atoms with E-state index in [0.717, 1.165) is 6.92 Å². The Kier molecular flexibility index (Phi) is 24.4. The van der Waals surface area contributed by atoms with Crippen molar-refractivity contribution in [2.45, 2.75) is 121 Å². The fraction of sp³-hybridized carbons (Fsp3) is 0.558. The normalized spacial score (nSPS) is 15.4. The van der Waals surface area contributed by atoms with Gasteiger partial charge in [-0.15, -0.1) is 0 Å². The molecule has 0 saturated carbocycles. The third kappa shape index (κ3) is 20.0. The van der Waals surface area contributed by atoms with E-state index >= 15 is 0 Å². The Hall–Kier alpha value is -7.03. The lowest BCUT2D eigenvalue weighted by atomic mass is 9.96. The molecule has 382 valence electrons. The van der Waals surface area contributed by atoms with Gasteiger partial charge in [0, 0.05) is 24.7 Å². The summed E-state index contributed by atoms with van der Waals surface area (Å²) in [4.78, 5) is 137. The molecule has 26 heteroatoms. The molecule has 0 radical (unpaired) electrons. The summed E-state index contributed by atoms with van der Waals surface area (Å²) in [6, 6.07) is -4.20. The topological polar surface area (TPSA) is 423 Å². The van der Waals surface area contributed by atoms with Crippen LogP contribution in [-0.2, 0) is 60.8 Å². The number of hydrogen-bond donors (Lipinski definition) is 15. The van der Waals surface area contributed by atoms with E-state index in [4.69, 9.17) is 5.73 Å². The predicted octanol–water partition coefficient (Wildman–Crippen LogP) is -4.95. The van der Waals surface area contributed by atoms with E-state index in [9.17, 15) is 73.5 Å². The van der Waals surface area contributed by atoms with Gasteiger partial charge in [0.1, 0.15) is 48.3 Å². The number of nitrogens with one attached hydrogen (secondary N) is 9. The first-order chi connectivity index (χ1) is 32.5. The molecule has 69 heavy (non-hydrogen) atoms. The molecule has 26 nitrogen and oxygen atoms in total. The molecule has 0 aliphatic rings. The van der Waals surface area contributed by atoms with Gasteiger partial charge in [0.05, 0.1) is 38.6 Å². The maximum absolute atomic E-state index is 14.0. The number of aromatic nitrogens is 2. The lowest BCUT2D eigenvalue weighted by Crippen LogP contribution is -2.62. The molecule has 1 aromatic heterocycles. The summed E-state index contributed by atoms with van der Waals surface area (Å²) < 4.78 is 0. The van der Waals surface area contributed by atoms with Crippen molar-refractivity contribution in [2.75, 3.05) is 19.8 Å². The first-order valence-corrected chi connectivity index (χ1v) is 22.0. The van der Waals surface area contributed by atoms with Crippen LogP contribution in [0.5, 0.6) is 0 Å². The molecule has 2 aromatic rings. The lowest BCUT2D eigenvalue weighted by Gasteiger charge is -2.29. The molecule has 0 fully saturated rings. The minimum absolute atomic E-state index is 0.0789. The fourth-order valence-electron chi connectivity index (χ4n) is 6.46. The van der Waals surface area contributed by atoms with Gasteiger partial charge in [0.25, 0.3) is 0 Å². The van der Waals surface area contributed by atoms with Crippen molar-refractivity contribution in [3.63, 3.8) is 0 Å². The number of aliphatic carboxylic acids is 2. The predicted molar refractivity (Wildman–Crippen MR) is 242 cm³/mol. The number of carboxylic acid groups (broad SMARTS) is 2. The molecular weight excluding hydrogens is 911 g/mol. The molecule has 0 unspecified atom stereocenters. The molecule has 16 N–H and O–H groups in total. The summed E-state index contributed by atoms with van der Waals surface area (Å²) in [5.74, 6) is -11.8. The Balaban J connectivity index is 2.35. The molecule has 2 rings (SSSR count). The molecule has 0 spiro atoms. The van der Waals surface area contributed by atoms with Gasteiger partial charge >= 0.3 is 11.9 Å².